The van der Waals surface area contributed by atoms with Crippen LogP contribution in [0.2, 0.25) is 0 Å². The van der Waals surface area contributed by atoms with Crippen LogP contribution < -0.4 is 19.1 Å². The highest BCUT2D eigenvalue weighted by atomic mass is 32.2. The van der Waals surface area contributed by atoms with Gasteiger partial charge in [0, 0.05) is 12.1 Å². The summed E-state index contributed by atoms with van der Waals surface area (Å²) in [5.74, 6) is 0.688. The van der Waals surface area contributed by atoms with E-state index in [0.29, 0.717) is 17.2 Å². The number of ether oxygens (including phenoxy) is 2. The van der Waals surface area contributed by atoms with Crippen molar-refractivity contribution in [3.63, 3.8) is 0 Å². The van der Waals surface area contributed by atoms with Crippen LogP contribution in [0.25, 0.3) is 0 Å². The van der Waals surface area contributed by atoms with E-state index in [2.05, 4.69) is 5.32 Å². The molecule has 1 amide bonds. The normalized spacial score (nSPS) is 14.4. The number of rotatable bonds is 7. The molecule has 1 N–H and O–H groups in total. The molecule has 1 aliphatic heterocycles. The standard InChI is InChI=1S/C15H22N2O5S/c1-4-5-11(2)16-15(18)9-17(23(3,19)20)12-6-7-13-14(8-12)22-10-21-13/h6-8,11H,4-5,9-10H2,1-3H3,(H,16,18)/t11-/m0/s1. The monoisotopic (exact) mass is 342 g/mol. The van der Waals surface area contributed by atoms with Gasteiger partial charge in [0.1, 0.15) is 6.54 Å². The van der Waals surface area contributed by atoms with Crippen molar-refractivity contribution < 1.29 is 22.7 Å². The van der Waals surface area contributed by atoms with Crippen molar-refractivity contribution in [2.45, 2.75) is 32.7 Å². The average molecular weight is 342 g/mol. The SMILES string of the molecule is CCC[C@H](C)NC(=O)CN(c1ccc2c(c1)OCO2)S(C)(=O)=O. The lowest BCUT2D eigenvalue weighted by atomic mass is 10.2. The summed E-state index contributed by atoms with van der Waals surface area (Å²) >= 11 is 0. The van der Waals surface area contributed by atoms with Gasteiger partial charge in [-0.2, -0.15) is 0 Å². The molecule has 0 aliphatic carbocycles. The zero-order valence-electron chi connectivity index (χ0n) is 13.5. The highest BCUT2D eigenvalue weighted by molar-refractivity contribution is 7.92. The van der Waals surface area contributed by atoms with Crippen molar-refractivity contribution in [1.82, 2.24) is 5.32 Å². The number of anilines is 1. The summed E-state index contributed by atoms with van der Waals surface area (Å²) < 4.78 is 35.6. The molecule has 0 aromatic heterocycles. The van der Waals surface area contributed by atoms with E-state index in [1.807, 2.05) is 13.8 Å². The van der Waals surface area contributed by atoms with E-state index >= 15 is 0 Å². The van der Waals surface area contributed by atoms with Gasteiger partial charge in [-0.1, -0.05) is 13.3 Å². The van der Waals surface area contributed by atoms with Gasteiger partial charge in [-0.25, -0.2) is 8.42 Å². The predicted molar refractivity (Wildman–Crippen MR) is 87.3 cm³/mol. The predicted octanol–water partition coefficient (Wildman–Crippen LogP) is 1.49. The topological polar surface area (TPSA) is 84.9 Å². The van der Waals surface area contributed by atoms with Crippen LogP contribution in [0.3, 0.4) is 0 Å². The molecule has 0 spiro atoms. The van der Waals surface area contributed by atoms with Crippen molar-refractivity contribution in [3.05, 3.63) is 18.2 Å². The second kappa shape index (κ2) is 7.08. The molecule has 0 saturated carbocycles. The molecule has 7 nitrogen and oxygen atoms in total. The molecule has 1 aliphatic rings. The van der Waals surface area contributed by atoms with E-state index in [9.17, 15) is 13.2 Å². The van der Waals surface area contributed by atoms with Crippen molar-refractivity contribution in [3.8, 4) is 11.5 Å². The summed E-state index contributed by atoms with van der Waals surface area (Å²) in [7, 11) is -3.60. The van der Waals surface area contributed by atoms with E-state index < -0.39 is 10.0 Å². The average Bonchev–Trinajstić information content (AvgIpc) is 2.91. The fourth-order valence-corrected chi connectivity index (χ4v) is 3.24. The van der Waals surface area contributed by atoms with Crippen LogP contribution in [-0.2, 0) is 14.8 Å². The molecule has 23 heavy (non-hydrogen) atoms. The third-order valence-electron chi connectivity index (χ3n) is 3.46. The van der Waals surface area contributed by atoms with Crippen molar-refractivity contribution >= 4 is 21.6 Å². The van der Waals surface area contributed by atoms with Gasteiger partial charge < -0.3 is 14.8 Å². The maximum absolute atomic E-state index is 12.1. The molecule has 1 aromatic carbocycles. The van der Waals surface area contributed by atoms with Crippen molar-refractivity contribution in [1.29, 1.82) is 0 Å². The third-order valence-corrected chi connectivity index (χ3v) is 4.60. The van der Waals surface area contributed by atoms with Crippen LogP contribution in [0.5, 0.6) is 11.5 Å². The van der Waals surface area contributed by atoms with E-state index in [0.717, 1.165) is 23.4 Å². The van der Waals surface area contributed by atoms with Crippen LogP contribution in [0.15, 0.2) is 18.2 Å². The van der Waals surface area contributed by atoms with E-state index in [4.69, 9.17) is 9.47 Å². The molecule has 0 unspecified atom stereocenters. The molecular formula is C15H22N2O5S. The van der Waals surface area contributed by atoms with E-state index in [-0.39, 0.29) is 25.3 Å². The maximum Gasteiger partial charge on any atom is 0.240 e. The van der Waals surface area contributed by atoms with E-state index in [1.54, 1.807) is 18.2 Å². The first-order chi connectivity index (χ1) is 10.8. The number of hydrogen-bond donors (Lipinski definition) is 1. The zero-order chi connectivity index (χ0) is 17.0. The summed E-state index contributed by atoms with van der Waals surface area (Å²) in [5.41, 5.74) is 0.370. The Morgan fingerprint density at radius 2 is 2.04 bits per heavy atom. The highest BCUT2D eigenvalue weighted by Crippen LogP contribution is 2.35. The molecular weight excluding hydrogens is 320 g/mol. The van der Waals surface area contributed by atoms with Crippen LogP contribution in [0.1, 0.15) is 26.7 Å². The Morgan fingerprint density at radius 3 is 2.70 bits per heavy atom. The van der Waals surface area contributed by atoms with Gasteiger partial charge >= 0.3 is 0 Å². The minimum atomic E-state index is -3.60. The van der Waals surface area contributed by atoms with Crippen molar-refractivity contribution in [2.75, 3.05) is 23.9 Å². The third kappa shape index (κ3) is 4.51. The molecule has 2 rings (SSSR count). The second-order valence-electron chi connectivity index (χ2n) is 5.56. The summed E-state index contributed by atoms with van der Waals surface area (Å²) in [4.78, 5) is 12.1. The molecule has 0 bridgehead atoms. The number of nitrogens with zero attached hydrogens (tertiary/aromatic N) is 1. The Hall–Kier alpha value is -1.96. The number of sulfonamides is 1. The molecule has 0 fully saturated rings. The number of amides is 1. The second-order valence-corrected chi connectivity index (χ2v) is 7.47. The molecule has 128 valence electrons. The van der Waals surface area contributed by atoms with Crippen LogP contribution in [-0.4, -0.2) is 40.0 Å². The lowest BCUT2D eigenvalue weighted by molar-refractivity contribution is -0.120. The highest BCUT2D eigenvalue weighted by Gasteiger charge is 2.24. The Balaban J connectivity index is 2.17. The first-order valence-corrected chi connectivity index (χ1v) is 9.32. The number of carbonyl (C=O) groups is 1. The number of benzene rings is 1. The van der Waals surface area contributed by atoms with Gasteiger partial charge in [0.15, 0.2) is 11.5 Å². The lowest BCUT2D eigenvalue weighted by Crippen LogP contribution is -2.43. The summed E-state index contributed by atoms with van der Waals surface area (Å²) in [5, 5.41) is 2.80. The van der Waals surface area contributed by atoms with Gasteiger partial charge in [0.2, 0.25) is 22.7 Å². The molecule has 1 heterocycles. The first-order valence-electron chi connectivity index (χ1n) is 7.48. The van der Waals surface area contributed by atoms with Crippen LogP contribution in [0, 0.1) is 0 Å². The van der Waals surface area contributed by atoms with Gasteiger partial charge in [0.05, 0.1) is 11.9 Å². The molecule has 8 heteroatoms. The Bertz CT molecular complexity index is 674. The smallest absolute Gasteiger partial charge is 0.240 e. The van der Waals surface area contributed by atoms with Gasteiger partial charge in [-0.05, 0) is 25.5 Å². The Kier molecular flexibility index (Phi) is 5.35. The van der Waals surface area contributed by atoms with Gasteiger partial charge in [-0.15, -0.1) is 0 Å². The summed E-state index contributed by atoms with van der Waals surface area (Å²) in [6, 6.07) is 4.79. The summed E-state index contributed by atoms with van der Waals surface area (Å²) in [6.45, 7) is 3.75. The first kappa shape index (κ1) is 17.4. The van der Waals surface area contributed by atoms with Gasteiger partial charge in [-0.3, -0.25) is 9.10 Å². The largest absolute Gasteiger partial charge is 0.454 e. The molecule has 0 saturated heterocycles. The van der Waals surface area contributed by atoms with Gasteiger partial charge in [0.25, 0.3) is 0 Å². The van der Waals surface area contributed by atoms with Crippen LogP contribution >= 0.6 is 0 Å². The van der Waals surface area contributed by atoms with Crippen LogP contribution in [0.4, 0.5) is 5.69 Å². The minimum Gasteiger partial charge on any atom is -0.454 e. The number of nitrogens with one attached hydrogen (secondary N) is 1. The maximum atomic E-state index is 12.1. The fourth-order valence-electron chi connectivity index (χ4n) is 2.40. The quantitative estimate of drug-likeness (QED) is 0.811. The number of carbonyl (C=O) groups excluding carboxylic acids is 1. The molecule has 1 atom stereocenters. The fraction of sp³-hybridized carbons (Fsp3) is 0.533. The number of fused-ring (bicyclic) bond motifs is 1. The summed E-state index contributed by atoms with van der Waals surface area (Å²) in [6.07, 6.45) is 2.86. The zero-order valence-corrected chi connectivity index (χ0v) is 14.4. The Morgan fingerprint density at radius 1 is 1.35 bits per heavy atom. The molecule has 1 aromatic rings. The minimum absolute atomic E-state index is 0.00524. The Labute approximate surface area is 136 Å². The van der Waals surface area contributed by atoms with Crippen molar-refractivity contribution in [2.24, 2.45) is 0 Å². The number of hydrogen-bond acceptors (Lipinski definition) is 5. The van der Waals surface area contributed by atoms with E-state index in [1.165, 1.54) is 0 Å². The lowest BCUT2D eigenvalue weighted by Gasteiger charge is -2.23. The molecule has 0 radical (unpaired) electrons.